The largest absolute Gasteiger partial charge is 0.454 e. The molecule has 1 aliphatic rings. The van der Waals surface area contributed by atoms with E-state index < -0.39 is 6.29 Å². The Labute approximate surface area is 205 Å². The number of nitrogens with one attached hydrogen (secondary N) is 2. The number of aryl methyl sites for hydroxylation is 1. The topological polar surface area (TPSA) is 146 Å². The van der Waals surface area contributed by atoms with E-state index in [2.05, 4.69) is 30.5 Å². The molecular formula is C23H24N8O3S. The number of amides is 1. The van der Waals surface area contributed by atoms with Gasteiger partial charge in [-0.15, -0.1) is 0 Å². The molecule has 1 amide bonds. The zero-order valence-corrected chi connectivity index (χ0v) is 20.0. The number of carbonyl (C=O) groups excluding carboxylic acids is 1. The highest BCUT2D eigenvalue weighted by Gasteiger charge is 2.27. The summed E-state index contributed by atoms with van der Waals surface area (Å²) in [7, 11) is 0. The first-order valence-electron chi connectivity index (χ1n) is 11.0. The number of thioether (sulfide) groups is 1. The number of H-pyrrole nitrogens is 1. The first-order chi connectivity index (χ1) is 17.0. The Balaban J connectivity index is 1.37. The Morgan fingerprint density at radius 1 is 1.29 bits per heavy atom. The van der Waals surface area contributed by atoms with Gasteiger partial charge in [0.1, 0.15) is 12.6 Å². The molecule has 1 unspecified atom stereocenters. The molecule has 1 aromatic carbocycles. The van der Waals surface area contributed by atoms with Crippen molar-refractivity contribution in [1.29, 1.82) is 0 Å². The predicted molar refractivity (Wildman–Crippen MR) is 131 cm³/mol. The van der Waals surface area contributed by atoms with Gasteiger partial charge in [-0.1, -0.05) is 24.3 Å². The van der Waals surface area contributed by atoms with Gasteiger partial charge in [0.15, 0.2) is 22.1 Å². The van der Waals surface area contributed by atoms with Gasteiger partial charge >= 0.3 is 0 Å². The number of ether oxygens (including phenoxy) is 2. The number of hydrogen-bond donors (Lipinski definition) is 3. The van der Waals surface area contributed by atoms with E-state index in [0.29, 0.717) is 28.0 Å². The van der Waals surface area contributed by atoms with Crippen molar-refractivity contribution in [1.82, 2.24) is 35.0 Å². The number of fused-ring (bicyclic) bond motifs is 1. The number of benzene rings is 1. The summed E-state index contributed by atoms with van der Waals surface area (Å²) in [6, 6.07) is 9.72. The zero-order chi connectivity index (χ0) is 24.4. The van der Waals surface area contributed by atoms with E-state index in [4.69, 9.17) is 15.2 Å². The zero-order valence-electron chi connectivity index (χ0n) is 19.1. The fourth-order valence-electron chi connectivity index (χ4n) is 3.72. The molecule has 12 heteroatoms. The number of imidazole rings is 1. The van der Waals surface area contributed by atoms with Crippen LogP contribution in [0.1, 0.15) is 32.1 Å². The fraction of sp³-hybridized carbons (Fsp3) is 0.261. The number of rotatable bonds is 8. The van der Waals surface area contributed by atoms with Crippen LogP contribution < -0.4 is 11.1 Å². The van der Waals surface area contributed by atoms with Crippen LogP contribution in [-0.4, -0.2) is 41.7 Å². The molecule has 0 aliphatic carbocycles. The van der Waals surface area contributed by atoms with E-state index in [9.17, 15) is 4.79 Å². The average molecular weight is 493 g/mol. The maximum absolute atomic E-state index is 12.3. The van der Waals surface area contributed by atoms with E-state index in [-0.39, 0.29) is 24.2 Å². The lowest BCUT2D eigenvalue weighted by Gasteiger charge is -2.15. The summed E-state index contributed by atoms with van der Waals surface area (Å²) in [6.07, 6.45) is 4.33. The van der Waals surface area contributed by atoms with Gasteiger partial charge in [0.05, 0.1) is 5.69 Å². The molecule has 4 heterocycles. The van der Waals surface area contributed by atoms with Gasteiger partial charge in [-0.05, 0) is 31.7 Å². The molecule has 5 rings (SSSR count). The van der Waals surface area contributed by atoms with E-state index in [1.54, 1.807) is 12.5 Å². The van der Waals surface area contributed by atoms with Crippen molar-refractivity contribution in [3.8, 4) is 11.3 Å². The molecule has 0 fully saturated rings. The van der Waals surface area contributed by atoms with Crippen LogP contribution in [0.2, 0.25) is 0 Å². The summed E-state index contributed by atoms with van der Waals surface area (Å²) in [5.41, 5.74) is 9.61. The number of aromatic amines is 1. The lowest BCUT2D eigenvalue weighted by molar-refractivity contribution is -0.121. The van der Waals surface area contributed by atoms with Crippen LogP contribution in [0, 0.1) is 0 Å². The van der Waals surface area contributed by atoms with Crippen LogP contribution in [0.5, 0.6) is 0 Å². The van der Waals surface area contributed by atoms with Crippen molar-refractivity contribution in [3.63, 3.8) is 0 Å². The van der Waals surface area contributed by atoms with Crippen LogP contribution >= 0.6 is 11.8 Å². The first-order valence-corrected chi connectivity index (χ1v) is 11.9. The molecular weight excluding hydrogens is 468 g/mol. The third kappa shape index (κ3) is 4.78. The van der Waals surface area contributed by atoms with Crippen LogP contribution in [-0.2, 0) is 20.8 Å². The van der Waals surface area contributed by atoms with Gasteiger partial charge < -0.3 is 25.1 Å². The minimum absolute atomic E-state index is 0.0596. The number of carbonyl (C=O) groups is 1. The number of aromatic nitrogens is 6. The molecule has 0 bridgehead atoms. The van der Waals surface area contributed by atoms with E-state index >= 15 is 0 Å². The molecule has 180 valence electrons. The molecule has 3 aromatic heterocycles. The van der Waals surface area contributed by atoms with Crippen LogP contribution in [0.4, 0.5) is 5.82 Å². The molecule has 0 spiro atoms. The monoisotopic (exact) mass is 492 g/mol. The number of nitrogen functional groups attached to an aromatic ring is 1. The minimum atomic E-state index is -0.634. The van der Waals surface area contributed by atoms with Crippen molar-refractivity contribution >= 4 is 34.7 Å². The third-order valence-corrected chi connectivity index (χ3v) is 6.12. The third-order valence-electron chi connectivity index (χ3n) is 5.23. The van der Waals surface area contributed by atoms with Gasteiger partial charge in [-0.2, -0.15) is 5.10 Å². The van der Waals surface area contributed by atoms with Crippen molar-refractivity contribution in [2.45, 2.75) is 44.3 Å². The Bertz CT molecular complexity index is 1380. The summed E-state index contributed by atoms with van der Waals surface area (Å²) in [5, 5.41) is 11.1. The molecule has 1 atom stereocenters. The van der Waals surface area contributed by atoms with E-state index in [0.717, 1.165) is 16.8 Å². The number of hydrogen-bond acceptors (Lipinski definition) is 9. The maximum atomic E-state index is 12.3. The predicted octanol–water partition coefficient (Wildman–Crippen LogP) is 3.35. The highest BCUT2D eigenvalue weighted by atomic mass is 32.2. The van der Waals surface area contributed by atoms with Gasteiger partial charge in [0.25, 0.3) is 6.29 Å². The SMILES string of the molecule is CC(C)NC(=O)CCn1c(SC2=COC(c3ccccc3-c3cc[nH]n3)O2)nc2c(N)ncnc21. The average Bonchev–Trinajstić information content (AvgIpc) is 3.59. The summed E-state index contributed by atoms with van der Waals surface area (Å²) in [6.45, 7) is 4.21. The maximum Gasteiger partial charge on any atom is 0.268 e. The second-order valence-corrected chi connectivity index (χ2v) is 9.09. The Morgan fingerprint density at radius 2 is 2.14 bits per heavy atom. The van der Waals surface area contributed by atoms with Crippen LogP contribution in [0.3, 0.4) is 0 Å². The lowest BCUT2D eigenvalue weighted by Crippen LogP contribution is -2.30. The quantitative estimate of drug-likeness (QED) is 0.337. The van der Waals surface area contributed by atoms with Crippen molar-refractivity contribution < 1.29 is 14.3 Å². The standard InChI is InChI=1S/C23H24N8O3S/c1-13(2)28-17(32)8-10-31-21-19(20(24)25-12-26-21)29-23(31)35-18-11-33-22(34-18)15-6-4-3-5-14(15)16-7-9-27-30-16/h3-7,9,11-13,22H,8,10H2,1-2H3,(H,27,30)(H,28,32)(H2,24,25,26). The van der Waals surface area contributed by atoms with Crippen LogP contribution in [0.15, 0.2) is 59.4 Å². The molecule has 0 saturated heterocycles. The van der Waals surface area contributed by atoms with Crippen LogP contribution in [0.25, 0.3) is 22.4 Å². The van der Waals surface area contributed by atoms with Gasteiger partial charge in [-0.3, -0.25) is 9.89 Å². The Hall–Kier alpha value is -4.06. The fourth-order valence-corrected chi connectivity index (χ4v) is 4.56. The molecule has 1 aliphatic heterocycles. The number of nitrogens with zero attached hydrogens (tertiary/aromatic N) is 5. The van der Waals surface area contributed by atoms with Crippen molar-refractivity contribution in [3.05, 3.63) is 59.8 Å². The van der Waals surface area contributed by atoms with Crippen molar-refractivity contribution in [2.24, 2.45) is 0 Å². The van der Waals surface area contributed by atoms with E-state index in [1.165, 1.54) is 18.1 Å². The second-order valence-electron chi connectivity index (χ2n) is 8.12. The molecule has 11 nitrogen and oxygen atoms in total. The Kier molecular flexibility index (Phi) is 6.27. The number of anilines is 1. The van der Waals surface area contributed by atoms with Gasteiger partial charge in [0.2, 0.25) is 11.0 Å². The smallest absolute Gasteiger partial charge is 0.268 e. The summed E-state index contributed by atoms with van der Waals surface area (Å²) < 4.78 is 13.8. The summed E-state index contributed by atoms with van der Waals surface area (Å²) >= 11 is 1.27. The molecule has 4 aromatic rings. The van der Waals surface area contributed by atoms with Crippen molar-refractivity contribution in [2.75, 3.05) is 5.73 Å². The van der Waals surface area contributed by atoms with Gasteiger partial charge in [0, 0.05) is 36.3 Å². The molecule has 4 N–H and O–H groups in total. The van der Waals surface area contributed by atoms with E-state index in [1.807, 2.05) is 48.7 Å². The lowest BCUT2D eigenvalue weighted by atomic mass is 10.0. The first kappa shape index (κ1) is 22.7. The molecule has 35 heavy (non-hydrogen) atoms. The van der Waals surface area contributed by atoms with Gasteiger partial charge in [-0.25, -0.2) is 15.0 Å². The summed E-state index contributed by atoms with van der Waals surface area (Å²) in [4.78, 5) is 25.3. The molecule has 0 radical (unpaired) electrons. The minimum Gasteiger partial charge on any atom is -0.454 e. The second kappa shape index (κ2) is 9.66. The summed E-state index contributed by atoms with van der Waals surface area (Å²) in [5.74, 6) is 0.208. The Morgan fingerprint density at radius 3 is 2.94 bits per heavy atom. The normalized spacial score (nSPS) is 15.2. The highest BCUT2D eigenvalue weighted by molar-refractivity contribution is 8.02. The highest BCUT2D eigenvalue weighted by Crippen LogP contribution is 2.40. The number of nitrogens with two attached hydrogens (primary N) is 1. The molecule has 0 saturated carbocycles.